The van der Waals surface area contributed by atoms with Gasteiger partial charge in [0.05, 0.1) is 12.5 Å². The van der Waals surface area contributed by atoms with Gasteiger partial charge in [-0.2, -0.15) is 0 Å². The summed E-state index contributed by atoms with van der Waals surface area (Å²) in [5, 5.41) is 12.3. The van der Waals surface area contributed by atoms with Crippen molar-refractivity contribution in [1.29, 1.82) is 0 Å². The van der Waals surface area contributed by atoms with Crippen LogP contribution in [0.3, 0.4) is 0 Å². The normalized spacial score (nSPS) is 27.8. The second-order valence-corrected chi connectivity index (χ2v) is 6.14. The molecule has 5 heteroatoms. The lowest BCUT2D eigenvalue weighted by Crippen LogP contribution is -2.38. The summed E-state index contributed by atoms with van der Waals surface area (Å²) in [6, 6.07) is 6.97. The molecule has 1 aliphatic carbocycles. The maximum atomic E-state index is 12.0. The number of hydrogen-bond acceptors (Lipinski definition) is 3. The van der Waals surface area contributed by atoms with E-state index in [1.165, 1.54) is 0 Å². The van der Waals surface area contributed by atoms with Crippen LogP contribution in [-0.2, 0) is 16.0 Å². The number of nitrogens with zero attached hydrogens (tertiary/aromatic N) is 1. The second-order valence-electron chi connectivity index (χ2n) is 6.14. The summed E-state index contributed by atoms with van der Waals surface area (Å²) in [6.07, 6.45) is 1.70. The summed E-state index contributed by atoms with van der Waals surface area (Å²) in [5.41, 5.74) is 0.768. The Morgan fingerprint density at radius 1 is 1.48 bits per heavy atom. The Hall–Kier alpha value is -2.04. The van der Waals surface area contributed by atoms with Crippen LogP contribution in [0.4, 0.5) is 0 Å². The first-order valence-electron chi connectivity index (χ1n) is 7.39. The standard InChI is InChI=1S/C16H20N2O3/c1-10-5-14(10)18-9-12(8-16(18)21)17-15(20)7-11-3-2-4-13(19)6-11/h2-4,6,10,12,14,19H,5,7-9H2,1H3,(H,17,20)/t10-,12+,14+/m1/s1. The summed E-state index contributed by atoms with van der Waals surface area (Å²) < 4.78 is 0. The molecule has 2 fully saturated rings. The number of aromatic hydroxyl groups is 1. The summed E-state index contributed by atoms with van der Waals surface area (Å²) in [5.74, 6) is 0.789. The molecule has 0 bridgehead atoms. The fraction of sp³-hybridized carbons (Fsp3) is 0.500. The van der Waals surface area contributed by atoms with Crippen molar-refractivity contribution < 1.29 is 14.7 Å². The van der Waals surface area contributed by atoms with E-state index in [1.807, 2.05) is 4.90 Å². The van der Waals surface area contributed by atoms with Crippen LogP contribution >= 0.6 is 0 Å². The van der Waals surface area contributed by atoms with E-state index in [1.54, 1.807) is 24.3 Å². The topological polar surface area (TPSA) is 69.6 Å². The van der Waals surface area contributed by atoms with E-state index in [2.05, 4.69) is 12.2 Å². The zero-order chi connectivity index (χ0) is 15.0. The van der Waals surface area contributed by atoms with E-state index in [-0.39, 0.29) is 30.0 Å². The lowest BCUT2D eigenvalue weighted by atomic mass is 10.1. The summed E-state index contributed by atoms with van der Waals surface area (Å²) >= 11 is 0. The molecule has 112 valence electrons. The van der Waals surface area contributed by atoms with E-state index in [9.17, 15) is 14.7 Å². The Morgan fingerprint density at radius 3 is 2.90 bits per heavy atom. The monoisotopic (exact) mass is 288 g/mol. The number of rotatable bonds is 4. The molecule has 3 atom stereocenters. The Labute approximate surface area is 123 Å². The Balaban J connectivity index is 1.52. The fourth-order valence-electron chi connectivity index (χ4n) is 3.02. The van der Waals surface area contributed by atoms with Crippen LogP contribution < -0.4 is 5.32 Å². The summed E-state index contributed by atoms with van der Waals surface area (Å²) in [4.78, 5) is 25.9. The molecule has 1 aromatic rings. The third-order valence-corrected chi connectivity index (χ3v) is 4.27. The molecule has 0 spiro atoms. The fourth-order valence-corrected chi connectivity index (χ4v) is 3.02. The van der Waals surface area contributed by atoms with Crippen molar-refractivity contribution in [3.63, 3.8) is 0 Å². The van der Waals surface area contributed by atoms with Crippen molar-refractivity contribution >= 4 is 11.8 Å². The van der Waals surface area contributed by atoms with Gasteiger partial charge in [0.2, 0.25) is 11.8 Å². The molecule has 1 saturated carbocycles. The van der Waals surface area contributed by atoms with Gasteiger partial charge < -0.3 is 15.3 Å². The smallest absolute Gasteiger partial charge is 0.225 e. The van der Waals surface area contributed by atoms with E-state index < -0.39 is 0 Å². The highest BCUT2D eigenvalue weighted by Crippen LogP contribution is 2.37. The predicted molar refractivity (Wildman–Crippen MR) is 77.6 cm³/mol. The van der Waals surface area contributed by atoms with Gasteiger partial charge in [-0.25, -0.2) is 0 Å². The molecule has 2 aliphatic rings. The molecule has 0 radical (unpaired) electrons. The van der Waals surface area contributed by atoms with E-state index >= 15 is 0 Å². The number of phenolic OH excluding ortho intramolecular Hbond substituents is 1. The number of hydrogen-bond donors (Lipinski definition) is 2. The van der Waals surface area contributed by atoms with E-state index in [0.717, 1.165) is 12.0 Å². The molecule has 1 aliphatic heterocycles. The van der Waals surface area contributed by atoms with Crippen LogP contribution in [0.5, 0.6) is 5.75 Å². The molecule has 21 heavy (non-hydrogen) atoms. The van der Waals surface area contributed by atoms with Crippen LogP contribution in [0.1, 0.15) is 25.3 Å². The molecule has 1 heterocycles. The number of carbonyl (C=O) groups excluding carboxylic acids is 2. The lowest BCUT2D eigenvalue weighted by molar-refractivity contribution is -0.128. The van der Waals surface area contributed by atoms with Gasteiger partial charge in [-0.15, -0.1) is 0 Å². The molecular formula is C16H20N2O3. The maximum absolute atomic E-state index is 12.0. The maximum Gasteiger partial charge on any atom is 0.225 e. The SMILES string of the molecule is C[C@@H]1C[C@@H]1N1C[C@@H](NC(=O)Cc2cccc(O)c2)CC1=O. The molecule has 2 N–H and O–H groups in total. The third-order valence-electron chi connectivity index (χ3n) is 4.27. The average Bonchev–Trinajstić information content (AvgIpc) is 3.01. The van der Waals surface area contributed by atoms with Crippen molar-refractivity contribution in [3.05, 3.63) is 29.8 Å². The Bertz CT molecular complexity index is 572. The molecule has 5 nitrogen and oxygen atoms in total. The number of likely N-dealkylation sites (tertiary alicyclic amines) is 1. The molecule has 0 unspecified atom stereocenters. The zero-order valence-electron chi connectivity index (χ0n) is 12.1. The van der Waals surface area contributed by atoms with Crippen LogP contribution in [0.25, 0.3) is 0 Å². The Morgan fingerprint density at radius 2 is 2.24 bits per heavy atom. The Kier molecular flexibility index (Phi) is 3.57. The van der Waals surface area contributed by atoms with Crippen molar-refractivity contribution in [2.45, 2.75) is 38.3 Å². The van der Waals surface area contributed by atoms with E-state index in [4.69, 9.17) is 0 Å². The van der Waals surface area contributed by atoms with Gasteiger partial charge in [-0.3, -0.25) is 9.59 Å². The molecule has 1 aromatic carbocycles. The first kappa shape index (κ1) is 13.9. The van der Waals surface area contributed by atoms with Crippen molar-refractivity contribution in [1.82, 2.24) is 10.2 Å². The van der Waals surface area contributed by atoms with Crippen LogP contribution in [-0.4, -0.2) is 40.4 Å². The molecular weight excluding hydrogens is 268 g/mol. The molecule has 3 rings (SSSR count). The largest absolute Gasteiger partial charge is 0.508 e. The first-order chi connectivity index (χ1) is 10.0. The minimum Gasteiger partial charge on any atom is -0.508 e. The highest BCUT2D eigenvalue weighted by atomic mass is 16.3. The summed E-state index contributed by atoms with van der Waals surface area (Å²) in [7, 11) is 0. The van der Waals surface area contributed by atoms with Gasteiger partial charge in [-0.1, -0.05) is 19.1 Å². The number of amides is 2. The van der Waals surface area contributed by atoms with Crippen molar-refractivity contribution in [2.24, 2.45) is 5.92 Å². The predicted octanol–water partition coefficient (Wildman–Crippen LogP) is 1.06. The highest BCUT2D eigenvalue weighted by Gasteiger charge is 2.44. The molecule has 1 saturated heterocycles. The average molecular weight is 288 g/mol. The first-order valence-corrected chi connectivity index (χ1v) is 7.39. The lowest BCUT2D eigenvalue weighted by Gasteiger charge is -2.17. The number of nitrogens with one attached hydrogen (secondary N) is 1. The van der Waals surface area contributed by atoms with Gasteiger partial charge in [0, 0.05) is 19.0 Å². The van der Waals surface area contributed by atoms with E-state index in [0.29, 0.717) is 24.9 Å². The van der Waals surface area contributed by atoms with Crippen LogP contribution in [0, 0.1) is 5.92 Å². The minimum atomic E-state index is -0.107. The third kappa shape index (κ3) is 3.17. The van der Waals surface area contributed by atoms with Gasteiger partial charge in [-0.05, 0) is 30.0 Å². The van der Waals surface area contributed by atoms with Crippen molar-refractivity contribution in [2.75, 3.05) is 6.54 Å². The number of phenols is 1. The van der Waals surface area contributed by atoms with Gasteiger partial charge in [0.25, 0.3) is 0 Å². The van der Waals surface area contributed by atoms with Crippen molar-refractivity contribution in [3.8, 4) is 5.75 Å². The van der Waals surface area contributed by atoms with Crippen LogP contribution in [0.15, 0.2) is 24.3 Å². The van der Waals surface area contributed by atoms with Gasteiger partial charge >= 0.3 is 0 Å². The minimum absolute atomic E-state index is 0.0879. The number of carbonyl (C=O) groups is 2. The molecule has 2 amide bonds. The summed E-state index contributed by atoms with van der Waals surface area (Å²) in [6.45, 7) is 2.77. The molecule has 0 aromatic heterocycles. The van der Waals surface area contributed by atoms with Gasteiger partial charge in [0.1, 0.15) is 5.75 Å². The number of benzene rings is 1. The zero-order valence-corrected chi connectivity index (χ0v) is 12.1. The quantitative estimate of drug-likeness (QED) is 0.870. The highest BCUT2D eigenvalue weighted by molar-refractivity contribution is 5.83. The second kappa shape index (κ2) is 5.39. The van der Waals surface area contributed by atoms with Crippen LogP contribution in [0.2, 0.25) is 0 Å². The van der Waals surface area contributed by atoms with Gasteiger partial charge in [0.15, 0.2) is 0 Å².